The van der Waals surface area contributed by atoms with Crippen LogP contribution in [0.2, 0.25) is 0 Å². The highest BCUT2D eigenvalue weighted by atomic mass is 27.2. The largest absolute Gasteiger partial charge is 0.351 e. The zero-order chi connectivity index (χ0) is 37.1. The van der Waals surface area contributed by atoms with Gasteiger partial charge in [0.2, 0.25) is 0 Å². The lowest BCUT2D eigenvalue weighted by Gasteiger charge is -2.42. The summed E-state index contributed by atoms with van der Waals surface area (Å²) in [6.45, 7) is 0. The van der Waals surface area contributed by atoms with Crippen molar-refractivity contribution in [2.24, 2.45) is 0 Å². The van der Waals surface area contributed by atoms with E-state index in [1.807, 2.05) is 19.4 Å². The van der Waals surface area contributed by atoms with E-state index >= 15 is 35.1 Å². The van der Waals surface area contributed by atoms with Gasteiger partial charge in [0.1, 0.15) is 46.5 Å². The predicted molar refractivity (Wildman–Crippen MR) is 123 cm³/mol. The molecule has 48 heavy (non-hydrogen) atoms. The third-order valence-corrected chi connectivity index (χ3v) is 12.2. The molecular weight excluding hydrogens is 733 g/mol. The number of benzene rings is 4. The van der Waals surface area contributed by atoms with Crippen molar-refractivity contribution in [3.05, 3.63) is 116 Å². The minimum atomic E-state index is -9.08. The second-order valence-electron chi connectivity index (χ2n) is 9.38. The summed E-state index contributed by atoms with van der Waals surface area (Å²) in [5.41, 5.74) is 0. The molecule has 22 heteroatoms. The molecule has 0 saturated carbocycles. The number of halogens is 20. The molecule has 0 heterocycles. The smallest absolute Gasteiger partial charge is 0.300 e. The maximum absolute atomic E-state index is 15.4. The van der Waals surface area contributed by atoms with Gasteiger partial charge in [0.05, 0.1) is 14.1 Å². The summed E-state index contributed by atoms with van der Waals surface area (Å²) in [6.07, 6.45) is 0. The fourth-order valence-corrected chi connectivity index (χ4v) is 10.7. The first kappa shape index (κ1) is 38.4. The molecule has 0 unspecified atom stereocenters. The first-order valence-electron chi connectivity index (χ1n) is 12.1. The average Bonchev–Trinajstić information content (AvgIpc) is 3.04. The Morgan fingerprint density at radius 2 is 0.312 bits per heavy atom. The Kier molecular flexibility index (Phi) is 10.8. The van der Waals surface area contributed by atoms with E-state index in [0.717, 1.165) is 0 Å². The van der Waals surface area contributed by atoms with Gasteiger partial charge in [0.25, 0.3) is 0 Å². The molecule has 4 aromatic carbocycles. The highest BCUT2D eigenvalue weighted by Crippen LogP contribution is 2.30. The van der Waals surface area contributed by atoms with E-state index < -0.39 is 147 Å². The van der Waals surface area contributed by atoms with Gasteiger partial charge in [-0.3, -0.25) is 0 Å². The van der Waals surface area contributed by atoms with E-state index in [4.69, 9.17) is 0 Å². The molecule has 0 fully saturated rings. The maximum atomic E-state index is 15.4. The first-order chi connectivity index (χ1) is 22.1. The van der Waals surface area contributed by atoms with Gasteiger partial charge in [0.15, 0.2) is 69.8 Å². The molecule has 0 saturated heterocycles. The number of rotatable bonds is 4. The zero-order valence-corrected chi connectivity index (χ0v) is 23.9. The molecular formula is C26H8AlF20N. The topological polar surface area (TPSA) is 16.6 Å². The number of hydrogen-bond donors (Lipinski definition) is 1. The predicted octanol–water partition coefficient (Wildman–Crippen LogP) is 4.66. The van der Waals surface area contributed by atoms with Crippen LogP contribution in [0.5, 0.6) is 0 Å². The Bertz CT molecular complexity index is 1590. The van der Waals surface area contributed by atoms with Gasteiger partial charge in [-0.05, 0) is 0 Å². The molecule has 0 aliphatic carbocycles. The molecule has 4 aromatic rings. The van der Waals surface area contributed by atoms with Crippen molar-refractivity contribution in [3.63, 3.8) is 0 Å². The molecule has 0 aliphatic heterocycles. The van der Waals surface area contributed by atoms with E-state index in [1.54, 1.807) is 0 Å². The van der Waals surface area contributed by atoms with Crippen molar-refractivity contribution < 1.29 is 93.1 Å². The molecule has 1 nitrogen and oxygen atoms in total. The quantitative estimate of drug-likeness (QED) is 0.136. The molecule has 0 atom stereocenters. The minimum Gasteiger partial charge on any atom is -0.351 e. The standard InChI is InChI=1S/4C6F5.C2H7N.Al/c4*7-2-1-3(8)5(10)6(11)4(2)9;1-3-2;/h;;;;3H,1-2H3;/q;;;;;-1/p+1. The van der Waals surface area contributed by atoms with Crippen LogP contribution in [0.4, 0.5) is 87.8 Å². The summed E-state index contributed by atoms with van der Waals surface area (Å²) in [5.74, 6) is -70.8. The van der Waals surface area contributed by atoms with Crippen molar-refractivity contribution in [2.75, 3.05) is 14.1 Å². The third-order valence-electron chi connectivity index (χ3n) is 6.71. The van der Waals surface area contributed by atoms with E-state index in [1.165, 1.54) is 0 Å². The van der Waals surface area contributed by atoms with Gasteiger partial charge in [0, 0.05) is 0 Å². The highest BCUT2D eigenvalue weighted by Gasteiger charge is 2.55. The van der Waals surface area contributed by atoms with Crippen LogP contribution in [0.1, 0.15) is 0 Å². The van der Waals surface area contributed by atoms with Crippen LogP contribution < -0.4 is 23.0 Å². The lowest BCUT2D eigenvalue weighted by Crippen LogP contribution is -2.81. The van der Waals surface area contributed by atoms with Crippen molar-refractivity contribution in [1.82, 2.24) is 0 Å². The Morgan fingerprint density at radius 3 is 0.417 bits per heavy atom. The van der Waals surface area contributed by atoms with E-state index in [9.17, 15) is 52.7 Å². The van der Waals surface area contributed by atoms with Crippen LogP contribution in [0.25, 0.3) is 0 Å². The molecule has 0 bridgehead atoms. The van der Waals surface area contributed by atoms with Gasteiger partial charge in [-0.2, -0.15) is 0 Å². The molecule has 4 rings (SSSR count). The number of nitrogens with two attached hydrogens (primary N) is 1. The zero-order valence-electron chi connectivity index (χ0n) is 22.7. The highest BCUT2D eigenvalue weighted by molar-refractivity contribution is 7.20. The van der Waals surface area contributed by atoms with Crippen LogP contribution >= 0.6 is 0 Å². The SMILES string of the molecule is C[NH2+]C.Fc1c(F)c(F)[c]([Al-]([c]2c(F)c(F)c(F)c(F)c2F)([c]2c(F)c(F)c(F)c(F)c2F)[c]2c(F)c(F)c(F)c(F)c2F)c(F)c1F. The van der Waals surface area contributed by atoms with E-state index in [-0.39, 0.29) is 0 Å². The summed E-state index contributed by atoms with van der Waals surface area (Å²) < 4.78 is 280. The molecule has 0 radical (unpaired) electrons. The van der Waals surface area contributed by atoms with Gasteiger partial charge < -0.3 is 5.32 Å². The van der Waals surface area contributed by atoms with E-state index in [2.05, 4.69) is 0 Å². The minimum absolute atomic E-state index is 2.00. The molecule has 0 spiro atoms. The average molecular weight is 741 g/mol. The van der Waals surface area contributed by atoms with Crippen LogP contribution in [-0.2, 0) is 0 Å². The van der Waals surface area contributed by atoms with Gasteiger partial charge in [-0.25, -0.2) is 87.8 Å². The Hall–Kier alpha value is -4.03. The van der Waals surface area contributed by atoms with Crippen molar-refractivity contribution in [1.29, 1.82) is 0 Å². The molecule has 0 aromatic heterocycles. The van der Waals surface area contributed by atoms with Crippen molar-refractivity contribution in [2.45, 2.75) is 0 Å². The van der Waals surface area contributed by atoms with Crippen molar-refractivity contribution in [3.8, 4) is 0 Å². The molecule has 2 N–H and O–H groups in total. The summed E-state index contributed by atoms with van der Waals surface area (Å²) in [7, 11) is 4.00. The molecule has 260 valence electrons. The normalized spacial score (nSPS) is 11.6. The Morgan fingerprint density at radius 1 is 0.229 bits per heavy atom. The van der Waals surface area contributed by atoms with Gasteiger partial charge in [-0.1, -0.05) is 0 Å². The number of quaternary nitrogens is 1. The third kappa shape index (κ3) is 5.24. The van der Waals surface area contributed by atoms with Crippen LogP contribution in [-0.4, -0.2) is 27.2 Å². The molecule has 0 amide bonds. The monoisotopic (exact) mass is 741 g/mol. The maximum Gasteiger partial charge on any atom is 0.300 e. The lowest BCUT2D eigenvalue weighted by atomic mass is 10.2. The van der Waals surface area contributed by atoms with Crippen molar-refractivity contribution >= 4 is 30.8 Å². The Labute approximate surface area is 254 Å². The number of hydrogen-bond acceptors (Lipinski definition) is 0. The summed E-state index contributed by atoms with van der Waals surface area (Å²) >= 11 is -9.08. The van der Waals surface area contributed by atoms with Crippen LogP contribution in [0.15, 0.2) is 0 Å². The molecule has 0 aliphatic rings. The van der Waals surface area contributed by atoms with E-state index in [0.29, 0.717) is 0 Å². The van der Waals surface area contributed by atoms with Gasteiger partial charge >= 0.3 is 13.1 Å². The van der Waals surface area contributed by atoms with Gasteiger partial charge in [-0.15, -0.1) is 17.7 Å². The first-order valence-corrected chi connectivity index (χ1v) is 14.4. The lowest BCUT2D eigenvalue weighted by molar-refractivity contribution is -0.597. The summed E-state index contributed by atoms with van der Waals surface area (Å²) in [4.78, 5) is 0. The fraction of sp³-hybridized carbons (Fsp3) is 0.0769. The van der Waals surface area contributed by atoms with Crippen LogP contribution in [0.3, 0.4) is 0 Å². The fourth-order valence-electron chi connectivity index (χ4n) is 4.87. The summed E-state index contributed by atoms with van der Waals surface area (Å²) in [6, 6.07) is 0. The second-order valence-corrected chi connectivity index (χ2v) is 13.4. The summed E-state index contributed by atoms with van der Waals surface area (Å²) in [5, 5.41) is 2.00. The second kappa shape index (κ2) is 13.5. The van der Waals surface area contributed by atoms with Crippen LogP contribution in [0, 0.1) is 116 Å². The Balaban J connectivity index is 0.00000201.